The minimum Gasteiger partial charge on any atom is -0.497 e. The van der Waals surface area contributed by atoms with Crippen LogP contribution in [0.3, 0.4) is 0 Å². The number of nitrogens with zero attached hydrogens (tertiary/aromatic N) is 1. The van der Waals surface area contributed by atoms with Crippen molar-refractivity contribution >= 4 is 22.4 Å². The summed E-state index contributed by atoms with van der Waals surface area (Å²) in [5.74, 6) is 0.836. The van der Waals surface area contributed by atoms with Crippen molar-refractivity contribution in [3.8, 4) is 5.75 Å². The molecule has 1 aromatic heterocycles. The zero-order chi connectivity index (χ0) is 17.5. The number of carbonyl (C=O) groups is 1. The van der Waals surface area contributed by atoms with Gasteiger partial charge in [0.05, 0.1) is 7.11 Å². The van der Waals surface area contributed by atoms with Gasteiger partial charge in [-0.25, -0.2) is 4.98 Å². The van der Waals surface area contributed by atoms with Crippen LogP contribution in [-0.2, 0) is 17.6 Å². The normalized spacial score (nSPS) is 10.4. The maximum atomic E-state index is 12.1. The molecule has 5 heteroatoms. The monoisotopic (exact) mass is 352 g/mol. The number of anilines is 1. The van der Waals surface area contributed by atoms with Gasteiger partial charge in [0.2, 0.25) is 5.91 Å². The van der Waals surface area contributed by atoms with Crippen molar-refractivity contribution in [1.82, 2.24) is 4.98 Å². The maximum Gasteiger partial charge on any atom is 0.226 e. The fourth-order valence-electron chi connectivity index (χ4n) is 2.51. The van der Waals surface area contributed by atoms with E-state index in [0.29, 0.717) is 11.6 Å². The van der Waals surface area contributed by atoms with Gasteiger partial charge in [0.25, 0.3) is 0 Å². The average molecular weight is 352 g/mol. The molecule has 1 N–H and O–H groups in total. The topological polar surface area (TPSA) is 51.2 Å². The van der Waals surface area contributed by atoms with E-state index in [9.17, 15) is 4.79 Å². The predicted molar refractivity (Wildman–Crippen MR) is 101 cm³/mol. The summed E-state index contributed by atoms with van der Waals surface area (Å²) in [6.45, 7) is 0. The van der Waals surface area contributed by atoms with Crippen LogP contribution in [0.15, 0.2) is 60.8 Å². The first kappa shape index (κ1) is 17.2. The van der Waals surface area contributed by atoms with Crippen molar-refractivity contribution < 1.29 is 9.53 Å². The van der Waals surface area contributed by atoms with Crippen molar-refractivity contribution in [2.45, 2.75) is 19.3 Å². The van der Waals surface area contributed by atoms with Crippen LogP contribution in [0.1, 0.15) is 22.4 Å². The summed E-state index contributed by atoms with van der Waals surface area (Å²) in [7, 11) is 1.66. The van der Waals surface area contributed by atoms with E-state index >= 15 is 0 Å². The molecule has 0 aliphatic heterocycles. The van der Waals surface area contributed by atoms with Crippen LogP contribution in [0.4, 0.5) is 5.13 Å². The largest absolute Gasteiger partial charge is 0.497 e. The van der Waals surface area contributed by atoms with Crippen LogP contribution < -0.4 is 10.1 Å². The quantitative estimate of drug-likeness (QED) is 0.689. The van der Waals surface area contributed by atoms with E-state index in [-0.39, 0.29) is 5.91 Å². The maximum absolute atomic E-state index is 12.1. The number of aromatic nitrogens is 1. The molecule has 1 amide bonds. The number of hydrogen-bond acceptors (Lipinski definition) is 4. The highest BCUT2D eigenvalue weighted by Crippen LogP contribution is 2.23. The molecule has 0 unspecified atom stereocenters. The van der Waals surface area contributed by atoms with E-state index in [1.165, 1.54) is 11.3 Å². The van der Waals surface area contributed by atoms with Gasteiger partial charge in [0.1, 0.15) is 5.75 Å². The summed E-state index contributed by atoms with van der Waals surface area (Å²) < 4.78 is 5.24. The third-order valence-corrected chi connectivity index (χ3v) is 4.71. The van der Waals surface area contributed by atoms with Gasteiger partial charge >= 0.3 is 0 Å². The molecule has 3 aromatic rings. The number of aryl methyl sites for hydroxylation is 1. The van der Waals surface area contributed by atoms with Crippen LogP contribution in [-0.4, -0.2) is 18.0 Å². The van der Waals surface area contributed by atoms with Gasteiger partial charge < -0.3 is 10.1 Å². The van der Waals surface area contributed by atoms with E-state index in [0.717, 1.165) is 34.6 Å². The van der Waals surface area contributed by atoms with E-state index < -0.39 is 0 Å². The molecule has 2 aromatic carbocycles. The van der Waals surface area contributed by atoms with Crippen LogP contribution in [0.5, 0.6) is 5.75 Å². The van der Waals surface area contributed by atoms with Gasteiger partial charge in [-0.3, -0.25) is 4.79 Å². The zero-order valence-corrected chi connectivity index (χ0v) is 14.9. The lowest BCUT2D eigenvalue weighted by Gasteiger charge is -2.03. The summed E-state index contributed by atoms with van der Waals surface area (Å²) in [5.41, 5.74) is 2.32. The second-order valence-corrected chi connectivity index (χ2v) is 6.81. The van der Waals surface area contributed by atoms with Gasteiger partial charge in [-0.1, -0.05) is 42.5 Å². The molecule has 0 saturated heterocycles. The number of benzene rings is 2. The number of amides is 1. The molecule has 1 heterocycles. The summed E-state index contributed by atoms with van der Waals surface area (Å²) in [4.78, 5) is 17.5. The standard InChI is InChI=1S/C20H20N2O2S/c1-24-17-9-5-8-16(12-17)13-18-14-21-20(25-18)22-19(23)11-10-15-6-3-2-4-7-15/h2-9,12,14H,10-11,13H2,1H3,(H,21,22,23). The lowest BCUT2D eigenvalue weighted by molar-refractivity contribution is -0.116. The van der Waals surface area contributed by atoms with Gasteiger partial charge in [-0.05, 0) is 29.7 Å². The highest BCUT2D eigenvalue weighted by atomic mass is 32.1. The van der Waals surface area contributed by atoms with Crippen molar-refractivity contribution in [1.29, 1.82) is 0 Å². The smallest absolute Gasteiger partial charge is 0.226 e. The van der Waals surface area contributed by atoms with E-state index in [1.807, 2.05) is 54.7 Å². The van der Waals surface area contributed by atoms with Crippen LogP contribution >= 0.6 is 11.3 Å². The fraction of sp³-hybridized carbons (Fsp3) is 0.200. The van der Waals surface area contributed by atoms with E-state index in [4.69, 9.17) is 4.74 Å². The summed E-state index contributed by atoms with van der Waals surface area (Å²) >= 11 is 1.51. The van der Waals surface area contributed by atoms with Crippen LogP contribution in [0.2, 0.25) is 0 Å². The highest BCUT2D eigenvalue weighted by Gasteiger charge is 2.08. The summed E-state index contributed by atoms with van der Waals surface area (Å²) in [5, 5.41) is 3.53. The Morgan fingerprint density at radius 3 is 2.72 bits per heavy atom. The summed E-state index contributed by atoms with van der Waals surface area (Å²) in [6.07, 6.45) is 3.77. The Balaban J connectivity index is 1.53. The lowest BCUT2D eigenvalue weighted by Crippen LogP contribution is -2.11. The first-order valence-electron chi connectivity index (χ1n) is 8.14. The second kappa shape index (κ2) is 8.44. The zero-order valence-electron chi connectivity index (χ0n) is 14.1. The molecule has 128 valence electrons. The van der Waals surface area contributed by atoms with Gasteiger partial charge in [0.15, 0.2) is 5.13 Å². The molecular weight excluding hydrogens is 332 g/mol. The third kappa shape index (κ3) is 5.16. The highest BCUT2D eigenvalue weighted by molar-refractivity contribution is 7.15. The Labute approximate surface area is 151 Å². The Morgan fingerprint density at radius 2 is 1.92 bits per heavy atom. The van der Waals surface area contributed by atoms with Crippen molar-refractivity contribution in [3.63, 3.8) is 0 Å². The molecule has 0 fully saturated rings. The fourth-order valence-corrected chi connectivity index (χ4v) is 3.38. The van der Waals surface area contributed by atoms with Crippen LogP contribution in [0.25, 0.3) is 0 Å². The molecule has 0 spiro atoms. The number of nitrogens with one attached hydrogen (secondary N) is 1. The van der Waals surface area contributed by atoms with Gasteiger partial charge in [-0.2, -0.15) is 0 Å². The van der Waals surface area contributed by atoms with Crippen molar-refractivity contribution in [2.75, 3.05) is 12.4 Å². The van der Waals surface area contributed by atoms with E-state index in [2.05, 4.69) is 16.4 Å². The minimum absolute atomic E-state index is 0.00821. The molecule has 0 aliphatic carbocycles. The summed E-state index contributed by atoms with van der Waals surface area (Å²) in [6, 6.07) is 18.0. The van der Waals surface area contributed by atoms with E-state index in [1.54, 1.807) is 7.11 Å². The van der Waals surface area contributed by atoms with Gasteiger partial charge in [-0.15, -0.1) is 11.3 Å². The first-order chi connectivity index (χ1) is 12.2. The van der Waals surface area contributed by atoms with Gasteiger partial charge in [0, 0.05) is 23.9 Å². The number of rotatable bonds is 7. The average Bonchev–Trinajstić information content (AvgIpc) is 3.07. The molecular formula is C20H20N2O2S. The van der Waals surface area contributed by atoms with Crippen molar-refractivity contribution in [2.24, 2.45) is 0 Å². The van der Waals surface area contributed by atoms with Crippen molar-refractivity contribution in [3.05, 3.63) is 76.8 Å². The molecule has 0 radical (unpaired) electrons. The SMILES string of the molecule is COc1cccc(Cc2cnc(NC(=O)CCc3ccccc3)s2)c1. The lowest BCUT2D eigenvalue weighted by atomic mass is 10.1. The first-order valence-corrected chi connectivity index (χ1v) is 8.96. The molecule has 4 nitrogen and oxygen atoms in total. The Bertz CT molecular complexity index is 830. The van der Waals surface area contributed by atoms with Crippen LogP contribution in [0, 0.1) is 0 Å². The number of carbonyl (C=O) groups excluding carboxylic acids is 1. The minimum atomic E-state index is -0.00821. The number of ether oxygens (including phenoxy) is 1. The molecule has 0 atom stereocenters. The molecule has 0 bridgehead atoms. The molecule has 0 saturated carbocycles. The molecule has 0 aliphatic rings. The molecule has 3 rings (SSSR count). The Kier molecular flexibility index (Phi) is 5.80. The second-order valence-electron chi connectivity index (χ2n) is 5.69. The third-order valence-electron chi connectivity index (χ3n) is 3.80. The Morgan fingerprint density at radius 1 is 1.12 bits per heavy atom. The number of methoxy groups -OCH3 is 1. The number of hydrogen-bond donors (Lipinski definition) is 1. The Hall–Kier alpha value is -2.66. The molecule has 25 heavy (non-hydrogen) atoms. The predicted octanol–water partition coefficient (Wildman–Crippen LogP) is 4.31. The number of thiazole rings is 1.